The van der Waals surface area contributed by atoms with Crippen molar-refractivity contribution < 1.29 is 12.8 Å². The lowest BCUT2D eigenvalue weighted by atomic mass is 10.1. The van der Waals surface area contributed by atoms with Crippen molar-refractivity contribution in [1.82, 2.24) is 10.2 Å². The highest BCUT2D eigenvalue weighted by Crippen LogP contribution is 2.25. The average molecular weight is 287 g/mol. The first kappa shape index (κ1) is 13.4. The summed E-state index contributed by atoms with van der Waals surface area (Å²) in [6.45, 7) is 1.75. The van der Waals surface area contributed by atoms with Crippen LogP contribution in [0.2, 0.25) is 0 Å². The summed E-state index contributed by atoms with van der Waals surface area (Å²) in [7, 11) is -2.87. The molecule has 1 aliphatic rings. The fourth-order valence-corrected chi connectivity index (χ4v) is 4.28. The highest BCUT2D eigenvalue weighted by molar-refractivity contribution is 7.99. The van der Waals surface area contributed by atoms with Gasteiger partial charge in [-0.3, -0.25) is 0 Å². The van der Waals surface area contributed by atoms with Crippen LogP contribution in [-0.2, 0) is 16.3 Å². The van der Waals surface area contributed by atoms with Gasteiger partial charge >= 0.3 is 0 Å². The third kappa shape index (κ3) is 3.46. The molecule has 0 aromatic carbocycles. The molecule has 2 heterocycles. The second-order valence-electron chi connectivity index (χ2n) is 4.32. The van der Waals surface area contributed by atoms with Gasteiger partial charge in [0.15, 0.2) is 9.84 Å². The van der Waals surface area contributed by atoms with E-state index in [4.69, 9.17) is 9.68 Å². The molecule has 0 radical (unpaired) electrons. The number of hydrogen-bond acceptors (Lipinski definition) is 7. The molecule has 18 heavy (non-hydrogen) atoms. The Balaban J connectivity index is 1.93. The van der Waals surface area contributed by atoms with Crippen LogP contribution in [0.4, 0.5) is 0 Å². The number of sulfone groups is 1. The number of nitriles is 1. The third-order valence-electron chi connectivity index (χ3n) is 2.70. The molecule has 2 atom stereocenters. The van der Waals surface area contributed by atoms with E-state index in [0.717, 1.165) is 0 Å². The van der Waals surface area contributed by atoms with E-state index in [1.54, 1.807) is 6.92 Å². The van der Waals surface area contributed by atoms with E-state index in [2.05, 4.69) is 16.3 Å². The molecule has 1 saturated heterocycles. The molecule has 0 spiro atoms. The van der Waals surface area contributed by atoms with Gasteiger partial charge in [-0.1, -0.05) is 0 Å². The predicted octanol–water partition coefficient (Wildman–Crippen LogP) is 1.05. The van der Waals surface area contributed by atoms with Gasteiger partial charge in [0.2, 0.25) is 5.89 Å². The van der Waals surface area contributed by atoms with Crippen molar-refractivity contribution in [3.8, 4) is 6.07 Å². The Morgan fingerprint density at radius 3 is 3.00 bits per heavy atom. The van der Waals surface area contributed by atoms with Gasteiger partial charge in [0.1, 0.15) is 0 Å². The van der Waals surface area contributed by atoms with Crippen LogP contribution in [-0.4, -0.2) is 35.4 Å². The molecular weight excluding hydrogens is 274 g/mol. The molecule has 0 unspecified atom stereocenters. The summed E-state index contributed by atoms with van der Waals surface area (Å²) >= 11 is 1.20. The summed E-state index contributed by atoms with van der Waals surface area (Å²) < 4.78 is 28.0. The first-order valence-corrected chi connectivity index (χ1v) is 8.27. The zero-order chi connectivity index (χ0) is 13.2. The molecule has 6 nitrogen and oxygen atoms in total. The zero-order valence-corrected chi connectivity index (χ0v) is 11.5. The van der Waals surface area contributed by atoms with Crippen LogP contribution in [0.25, 0.3) is 0 Å². The fraction of sp³-hybridized carbons (Fsp3) is 0.700. The molecule has 1 aromatic rings. The van der Waals surface area contributed by atoms with Gasteiger partial charge < -0.3 is 4.42 Å². The maximum atomic E-state index is 11.3. The molecule has 1 aliphatic heterocycles. The summed E-state index contributed by atoms with van der Waals surface area (Å²) in [6.07, 6.45) is 1.15. The van der Waals surface area contributed by atoms with E-state index in [0.29, 0.717) is 24.0 Å². The van der Waals surface area contributed by atoms with Crippen molar-refractivity contribution in [2.45, 2.75) is 30.2 Å². The lowest BCUT2D eigenvalue weighted by molar-refractivity contribution is 0.389. The largest absolute Gasteiger partial charge is 0.416 e. The van der Waals surface area contributed by atoms with Crippen LogP contribution in [0.15, 0.2) is 9.64 Å². The zero-order valence-electron chi connectivity index (χ0n) is 9.87. The predicted molar refractivity (Wildman–Crippen MR) is 65.7 cm³/mol. The normalized spacial score (nSPS) is 23.7. The van der Waals surface area contributed by atoms with Crippen LogP contribution in [0.5, 0.6) is 0 Å². The van der Waals surface area contributed by atoms with Crippen LogP contribution >= 0.6 is 11.8 Å². The SMILES string of the molecule is C[C@@H](C#N)Sc1nnc(C[C@H]2CCS(=O)(=O)C2)o1. The lowest BCUT2D eigenvalue weighted by Gasteiger charge is -2.01. The molecule has 8 heteroatoms. The Morgan fingerprint density at radius 2 is 2.39 bits per heavy atom. The first-order valence-electron chi connectivity index (χ1n) is 5.57. The summed E-state index contributed by atoms with van der Waals surface area (Å²) in [4.78, 5) is 0. The Labute approximate surface area is 110 Å². The van der Waals surface area contributed by atoms with E-state index in [1.165, 1.54) is 11.8 Å². The second-order valence-corrected chi connectivity index (χ2v) is 7.84. The van der Waals surface area contributed by atoms with Crippen LogP contribution in [0.1, 0.15) is 19.2 Å². The van der Waals surface area contributed by atoms with Crippen molar-refractivity contribution in [3.05, 3.63) is 5.89 Å². The van der Waals surface area contributed by atoms with Gasteiger partial charge in [0.25, 0.3) is 5.22 Å². The molecule has 0 amide bonds. The molecule has 2 rings (SSSR count). The molecular formula is C10H13N3O3S2. The van der Waals surface area contributed by atoms with Crippen LogP contribution in [0.3, 0.4) is 0 Å². The summed E-state index contributed by atoms with van der Waals surface area (Å²) in [5.41, 5.74) is 0. The Bertz CT molecular complexity index is 561. The van der Waals surface area contributed by atoms with Crippen molar-refractivity contribution in [2.24, 2.45) is 5.92 Å². The van der Waals surface area contributed by atoms with Crippen LogP contribution in [0, 0.1) is 17.2 Å². The fourth-order valence-electron chi connectivity index (χ4n) is 1.83. The lowest BCUT2D eigenvalue weighted by Crippen LogP contribution is -2.07. The van der Waals surface area contributed by atoms with E-state index in [1.807, 2.05) is 0 Å². The topological polar surface area (TPSA) is 96.9 Å². The summed E-state index contributed by atoms with van der Waals surface area (Å²) in [5, 5.41) is 16.5. The molecule has 0 bridgehead atoms. The molecule has 0 aliphatic carbocycles. The number of nitrogens with zero attached hydrogens (tertiary/aromatic N) is 3. The first-order chi connectivity index (χ1) is 8.48. The number of hydrogen-bond donors (Lipinski definition) is 0. The molecule has 1 fully saturated rings. The minimum absolute atomic E-state index is 0.0710. The van der Waals surface area contributed by atoms with Gasteiger partial charge in [-0.15, -0.1) is 10.2 Å². The van der Waals surface area contributed by atoms with Crippen LogP contribution < -0.4 is 0 Å². The summed E-state index contributed by atoms with van der Waals surface area (Å²) in [5.74, 6) is 0.970. The van der Waals surface area contributed by atoms with Crippen molar-refractivity contribution in [2.75, 3.05) is 11.5 Å². The Hall–Kier alpha value is -1.07. The van der Waals surface area contributed by atoms with Crippen molar-refractivity contribution in [1.29, 1.82) is 5.26 Å². The van der Waals surface area contributed by atoms with E-state index in [9.17, 15) is 8.42 Å². The Morgan fingerprint density at radius 1 is 1.61 bits per heavy atom. The van der Waals surface area contributed by atoms with E-state index >= 15 is 0 Å². The van der Waals surface area contributed by atoms with Crippen molar-refractivity contribution in [3.63, 3.8) is 0 Å². The quantitative estimate of drug-likeness (QED) is 0.763. The van der Waals surface area contributed by atoms with Gasteiger partial charge in [0, 0.05) is 6.42 Å². The molecule has 0 saturated carbocycles. The maximum Gasteiger partial charge on any atom is 0.277 e. The van der Waals surface area contributed by atoms with Crippen molar-refractivity contribution >= 4 is 21.6 Å². The molecule has 98 valence electrons. The highest BCUT2D eigenvalue weighted by Gasteiger charge is 2.29. The maximum absolute atomic E-state index is 11.3. The summed E-state index contributed by atoms with van der Waals surface area (Å²) in [6, 6.07) is 2.06. The minimum Gasteiger partial charge on any atom is -0.416 e. The van der Waals surface area contributed by atoms with E-state index < -0.39 is 9.84 Å². The number of rotatable bonds is 4. The third-order valence-corrected chi connectivity index (χ3v) is 5.36. The smallest absolute Gasteiger partial charge is 0.277 e. The monoisotopic (exact) mass is 287 g/mol. The van der Waals surface area contributed by atoms with Gasteiger partial charge in [-0.2, -0.15) is 5.26 Å². The number of thioether (sulfide) groups is 1. The molecule has 0 N–H and O–H groups in total. The highest BCUT2D eigenvalue weighted by atomic mass is 32.2. The van der Waals surface area contributed by atoms with E-state index in [-0.39, 0.29) is 22.7 Å². The van der Waals surface area contributed by atoms with Gasteiger partial charge in [0.05, 0.1) is 22.8 Å². The minimum atomic E-state index is -2.87. The number of aromatic nitrogens is 2. The second kappa shape index (κ2) is 5.28. The molecule has 1 aromatic heterocycles. The standard InChI is InChI=1S/C10H13N3O3S2/c1-7(5-11)17-10-13-12-9(16-10)4-8-2-3-18(14,15)6-8/h7-8H,2-4,6H2,1H3/t7-,8+/m0/s1. The average Bonchev–Trinajstić information content (AvgIpc) is 2.86. The van der Waals surface area contributed by atoms with Gasteiger partial charge in [-0.05, 0) is 31.0 Å². The Kier molecular flexibility index (Phi) is 3.92. The van der Waals surface area contributed by atoms with Gasteiger partial charge in [-0.25, -0.2) is 8.42 Å².